The molecule has 0 unspecified atom stereocenters. The minimum Gasteiger partial charge on any atom is -0.343 e. The predicted molar refractivity (Wildman–Crippen MR) is 98.1 cm³/mol. The molecule has 0 bridgehead atoms. The normalized spacial score (nSPS) is 12.3. The van der Waals surface area contributed by atoms with Crippen LogP contribution in [-0.2, 0) is 0 Å². The van der Waals surface area contributed by atoms with Gasteiger partial charge in [0, 0.05) is 16.0 Å². The Morgan fingerprint density at radius 2 is 1.92 bits per heavy atom. The summed E-state index contributed by atoms with van der Waals surface area (Å²) in [6.45, 7) is 6.15. The average Bonchev–Trinajstić information content (AvgIpc) is 3.22. The molecule has 124 valence electrons. The van der Waals surface area contributed by atoms with Gasteiger partial charge in [-0.25, -0.2) is 0 Å². The number of hydrogen-bond acceptors (Lipinski definition) is 3. The summed E-state index contributed by atoms with van der Waals surface area (Å²) >= 11 is 1.66. The summed E-state index contributed by atoms with van der Waals surface area (Å²) in [5.41, 5.74) is 3.21. The Labute approximate surface area is 145 Å². The van der Waals surface area contributed by atoms with Crippen molar-refractivity contribution in [2.75, 3.05) is 0 Å². The molecule has 0 aliphatic heterocycles. The number of amides is 1. The first kappa shape index (κ1) is 16.5. The van der Waals surface area contributed by atoms with Crippen LogP contribution in [-0.4, -0.2) is 16.1 Å². The Balaban J connectivity index is 1.84. The molecule has 0 aliphatic carbocycles. The predicted octanol–water partition coefficient (Wildman–Crippen LogP) is 4.57. The molecular weight excluding hydrogens is 318 g/mol. The fraction of sp³-hybridized carbons (Fsp3) is 0.263. The Morgan fingerprint density at radius 1 is 1.17 bits per heavy atom. The monoisotopic (exact) mass is 339 g/mol. The molecule has 2 N–H and O–H groups in total. The van der Waals surface area contributed by atoms with E-state index in [0.717, 1.165) is 16.8 Å². The van der Waals surface area contributed by atoms with E-state index in [1.54, 1.807) is 11.3 Å². The standard InChI is InChI=1S/C19H21N3OS/c1-12(2)16(15-10-7-11-24-15)20-19(23)18-13(3)17(21-22-18)14-8-5-4-6-9-14/h4-12,16H,1-3H3,(H,20,23)(H,21,22)/t16-/m1/s1. The summed E-state index contributed by atoms with van der Waals surface area (Å²) in [4.78, 5) is 13.9. The van der Waals surface area contributed by atoms with E-state index in [0.29, 0.717) is 11.6 Å². The lowest BCUT2D eigenvalue weighted by atomic mass is 10.0. The van der Waals surface area contributed by atoms with Crippen LogP contribution in [0.15, 0.2) is 47.8 Å². The molecule has 3 rings (SSSR count). The van der Waals surface area contributed by atoms with Crippen molar-refractivity contribution < 1.29 is 4.79 Å². The van der Waals surface area contributed by atoms with Crippen LogP contribution in [0.5, 0.6) is 0 Å². The van der Waals surface area contributed by atoms with Crippen LogP contribution in [0, 0.1) is 12.8 Å². The van der Waals surface area contributed by atoms with Crippen molar-refractivity contribution in [3.63, 3.8) is 0 Å². The molecule has 3 aromatic rings. The smallest absolute Gasteiger partial charge is 0.270 e. The van der Waals surface area contributed by atoms with Gasteiger partial charge < -0.3 is 5.32 Å². The molecule has 2 heterocycles. The fourth-order valence-electron chi connectivity index (χ4n) is 2.74. The van der Waals surface area contributed by atoms with Crippen molar-refractivity contribution in [3.05, 3.63) is 64.0 Å². The summed E-state index contributed by atoms with van der Waals surface area (Å²) in [6, 6.07) is 14.0. The molecule has 24 heavy (non-hydrogen) atoms. The van der Waals surface area contributed by atoms with Gasteiger partial charge in [0.25, 0.3) is 5.91 Å². The lowest BCUT2D eigenvalue weighted by Gasteiger charge is -2.21. The summed E-state index contributed by atoms with van der Waals surface area (Å²) in [5, 5.41) is 12.4. The first-order chi connectivity index (χ1) is 11.6. The third-order valence-electron chi connectivity index (χ3n) is 4.09. The zero-order valence-electron chi connectivity index (χ0n) is 14.0. The largest absolute Gasteiger partial charge is 0.343 e. The number of H-pyrrole nitrogens is 1. The van der Waals surface area contributed by atoms with Gasteiger partial charge in [-0.1, -0.05) is 50.2 Å². The highest BCUT2D eigenvalue weighted by molar-refractivity contribution is 7.10. The van der Waals surface area contributed by atoms with Gasteiger partial charge in [-0.15, -0.1) is 11.3 Å². The van der Waals surface area contributed by atoms with Crippen LogP contribution in [0.4, 0.5) is 0 Å². The van der Waals surface area contributed by atoms with E-state index in [9.17, 15) is 4.79 Å². The Kier molecular flexibility index (Phi) is 4.81. The van der Waals surface area contributed by atoms with Crippen LogP contribution in [0.3, 0.4) is 0 Å². The molecule has 2 aromatic heterocycles. The molecule has 0 spiro atoms. The number of aromatic amines is 1. The highest BCUT2D eigenvalue weighted by atomic mass is 32.1. The SMILES string of the molecule is Cc1c(-c2ccccc2)n[nH]c1C(=O)N[C@@H](c1cccs1)C(C)C. The highest BCUT2D eigenvalue weighted by Crippen LogP contribution is 2.27. The average molecular weight is 339 g/mol. The number of thiophene rings is 1. The van der Waals surface area contributed by atoms with E-state index in [4.69, 9.17) is 0 Å². The van der Waals surface area contributed by atoms with E-state index >= 15 is 0 Å². The molecule has 1 atom stereocenters. The molecule has 0 radical (unpaired) electrons. The fourth-order valence-corrected chi connectivity index (χ4v) is 3.69. The maximum Gasteiger partial charge on any atom is 0.270 e. The van der Waals surface area contributed by atoms with Crippen LogP contribution in [0.2, 0.25) is 0 Å². The second kappa shape index (κ2) is 7.01. The minimum absolute atomic E-state index is 0.000347. The van der Waals surface area contributed by atoms with Gasteiger partial charge in [-0.05, 0) is 24.3 Å². The maximum absolute atomic E-state index is 12.7. The number of rotatable bonds is 5. The van der Waals surface area contributed by atoms with Crippen molar-refractivity contribution in [2.45, 2.75) is 26.8 Å². The van der Waals surface area contributed by atoms with Crippen LogP contribution < -0.4 is 5.32 Å². The number of nitrogens with zero attached hydrogens (tertiary/aromatic N) is 1. The number of carbonyl (C=O) groups is 1. The third-order valence-corrected chi connectivity index (χ3v) is 5.04. The van der Waals surface area contributed by atoms with Gasteiger partial charge in [0.2, 0.25) is 0 Å². The number of benzene rings is 1. The van der Waals surface area contributed by atoms with Gasteiger partial charge >= 0.3 is 0 Å². The molecular formula is C19H21N3OS. The van der Waals surface area contributed by atoms with Gasteiger partial charge in [0.1, 0.15) is 5.69 Å². The van der Waals surface area contributed by atoms with Crippen LogP contribution in [0.1, 0.15) is 40.8 Å². The number of aromatic nitrogens is 2. The van der Waals surface area contributed by atoms with Crippen molar-refractivity contribution >= 4 is 17.2 Å². The summed E-state index contributed by atoms with van der Waals surface area (Å²) < 4.78 is 0. The highest BCUT2D eigenvalue weighted by Gasteiger charge is 2.23. The summed E-state index contributed by atoms with van der Waals surface area (Å²) in [7, 11) is 0. The van der Waals surface area contributed by atoms with Crippen molar-refractivity contribution in [3.8, 4) is 11.3 Å². The van der Waals surface area contributed by atoms with Gasteiger partial charge in [-0.2, -0.15) is 5.10 Å². The van der Waals surface area contributed by atoms with E-state index in [1.165, 1.54) is 4.88 Å². The summed E-state index contributed by atoms with van der Waals surface area (Å²) in [5.74, 6) is 0.193. The van der Waals surface area contributed by atoms with Crippen molar-refractivity contribution in [2.24, 2.45) is 5.92 Å². The van der Waals surface area contributed by atoms with E-state index in [2.05, 4.69) is 35.4 Å². The van der Waals surface area contributed by atoms with Crippen molar-refractivity contribution in [1.82, 2.24) is 15.5 Å². The van der Waals surface area contributed by atoms with E-state index in [-0.39, 0.29) is 11.9 Å². The minimum atomic E-state index is -0.116. The Morgan fingerprint density at radius 3 is 2.54 bits per heavy atom. The van der Waals surface area contributed by atoms with E-state index in [1.807, 2.05) is 48.7 Å². The van der Waals surface area contributed by atoms with Crippen molar-refractivity contribution in [1.29, 1.82) is 0 Å². The van der Waals surface area contributed by atoms with Crippen LogP contribution in [0.25, 0.3) is 11.3 Å². The first-order valence-corrected chi connectivity index (χ1v) is 8.90. The Bertz CT molecular complexity index is 807. The number of hydrogen-bond donors (Lipinski definition) is 2. The third kappa shape index (κ3) is 3.26. The number of carbonyl (C=O) groups excluding carboxylic acids is 1. The lowest BCUT2D eigenvalue weighted by Crippen LogP contribution is -2.31. The summed E-state index contributed by atoms with van der Waals surface area (Å²) in [6.07, 6.45) is 0. The quantitative estimate of drug-likeness (QED) is 0.715. The zero-order chi connectivity index (χ0) is 17.1. The van der Waals surface area contributed by atoms with Crippen LogP contribution >= 0.6 is 11.3 Å². The topological polar surface area (TPSA) is 57.8 Å². The second-order valence-electron chi connectivity index (χ2n) is 6.15. The van der Waals surface area contributed by atoms with Gasteiger partial charge in [0.05, 0.1) is 11.7 Å². The zero-order valence-corrected chi connectivity index (χ0v) is 14.9. The molecule has 0 saturated heterocycles. The molecule has 1 aromatic carbocycles. The Hall–Kier alpha value is -2.40. The first-order valence-electron chi connectivity index (χ1n) is 8.02. The maximum atomic E-state index is 12.7. The molecule has 0 aliphatic rings. The molecule has 0 fully saturated rings. The molecule has 0 saturated carbocycles. The molecule has 1 amide bonds. The second-order valence-corrected chi connectivity index (χ2v) is 7.13. The molecule has 5 heteroatoms. The lowest BCUT2D eigenvalue weighted by molar-refractivity contribution is 0.0921. The number of nitrogens with one attached hydrogen (secondary N) is 2. The molecule has 4 nitrogen and oxygen atoms in total. The van der Waals surface area contributed by atoms with Gasteiger partial charge in [-0.3, -0.25) is 9.89 Å². The van der Waals surface area contributed by atoms with Gasteiger partial charge in [0.15, 0.2) is 0 Å². The van der Waals surface area contributed by atoms with E-state index < -0.39 is 0 Å².